The highest BCUT2D eigenvalue weighted by molar-refractivity contribution is 5.92. The van der Waals surface area contributed by atoms with Gasteiger partial charge in [-0.2, -0.15) is 0 Å². The van der Waals surface area contributed by atoms with Crippen LogP contribution in [0.1, 0.15) is 79.8 Å². The highest BCUT2D eigenvalue weighted by atomic mass is 16.2. The van der Waals surface area contributed by atoms with Gasteiger partial charge in [-0.1, -0.05) is 19.9 Å². The van der Waals surface area contributed by atoms with E-state index in [1.54, 1.807) is 0 Å². The molecule has 0 bridgehead atoms. The van der Waals surface area contributed by atoms with Gasteiger partial charge in [0.15, 0.2) is 0 Å². The molecule has 3 aromatic rings. The summed E-state index contributed by atoms with van der Waals surface area (Å²) in [6.07, 6.45) is 4.60. The topological polar surface area (TPSA) is 61.0 Å². The number of benzene rings is 1. The summed E-state index contributed by atoms with van der Waals surface area (Å²) in [7, 11) is 1.83. The molecule has 0 radical (unpaired) electrons. The van der Waals surface area contributed by atoms with Crippen LogP contribution in [0.15, 0.2) is 30.3 Å². The van der Waals surface area contributed by atoms with Crippen molar-refractivity contribution in [3.8, 4) is 11.3 Å². The molecule has 3 heterocycles. The lowest BCUT2D eigenvalue weighted by Crippen LogP contribution is -2.41. The van der Waals surface area contributed by atoms with Crippen molar-refractivity contribution in [2.45, 2.75) is 64.2 Å². The first-order valence-corrected chi connectivity index (χ1v) is 12.5. The molecule has 1 aliphatic carbocycles. The third kappa shape index (κ3) is 4.43. The Morgan fingerprint density at radius 3 is 2.55 bits per heavy atom. The van der Waals surface area contributed by atoms with Crippen LogP contribution in [0.25, 0.3) is 22.2 Å². The zero-order valence-electron chi connectivity index (χ0n) is 20.4. The lowest BCUT2D eigenvalue weighted by molar-refractivity contribution is -0.131. The molecule has 2 aliphatic rings. The Hall–Kier alpha value is -2.66. The van der Waals surface area contributed by atoms with Crippen molar-refractivity contribution in [2.24, 2.45) is 0 Å². The number of H-pyrrole nitrogens is 1. The maximum Gasteiger partial charge on any atom is 0.236 e. The summed E-state index contributed by atoms with van der Waals surface area (Å²) in [6.45, 7) is 8.81. The van der Waals surface area contributed by atoms with E-state index in [1.165, 1.54) is 51.8 Å². The van der Waals surface area contributed by atoms with Gasteiger partial charge in [-0.3, -0.25) is 9.78 Å². The first-order valence-electron chi connectivity index (χ1n) is 12.5. The summed E-state index contributed by atoms with van der Waals surface area (Å²) in [4.78, 5) is 22.8. The highest BCUT2D eigenvalue weighted by Crippen LogP contribution is 2.42. The van der Waals surface area contributed by atoms with E-state index in [0.717, 1.165) is 31.6 Å². The van der Waals surface area contributed by atoms with Crippen molar-refractivity contribution in [1.82, 2.24) is 20.2 Å². The molecule has 2 fully saturated rings. The fourth-order valence-corrected chi connectivity index (χ4v) is 5.46. The molecule has 5 nitrogen and oxygen atoms in total. The van der Waals surface area contributed by atoms with Gasteiger partial charge >= 0.3 is 0 Å². The number of nitrogens with zero attached hydrogens (tertiary/aromatic N) is 2. The number of hydrogen-bond donors (Lipinski definition) is 2. The normalized spacial score (nSPS) is 17.3. The Kier molecular flexibility index (Phi) is 6.00. The average molecular weight is 445 g/mol. The van der Waals surface area contributed by atoms with Crippen LogP contribution in [0, 0.1) is 6.92 Å². The number of pyridine rings is 1. The predicted octanol–water partition coefficient (Wildman–Crippen LogP) is 5.46. The molecule has 5 rings (SSSR count). The van der Waals surface area contributed by atoms with E-state index in [4.69, 9.17) is 4.98 Å². The van der Waals surface area contributed by atoms with Crippen LogP contribution in [0.3, 0.4) is 0 Å². The largest absolute Gasteiger partial charge is 0.354 e. The molecule has 5 heteroatoms. The molecule has 0 atom stereocenters. The van der Waals surface area contributed by atoms with Crippen molar-refractivity contribution in [2.75, 3.05) is 26.7 Å². The molecule has 0 unspecified atom stereocenters. The number of carbonyl (C=O) groups is 1. The monoisotopic (exact) mass is 444 g/mol. The van der Waals surface area contributed by atoms with E-state index in [1.807, 2.05) is 11.9 Å². The van der Waals surface area contributed by atoms with E-state index >= 15 is 0 Å². The summed E-state index contributed by atoms with van der Waals surface area (Å²) >= 11 is 0. The third-order valence-corrected chi connectivity index (χ3v) is 7.34. The summed E-state index contributed by atoms with van der Waals surface area (Å²) in [5.41, 5.74) is 8.88. The predicted molar refractivity (Wildman–Crippen MR) is 135 cm³/mol. The molecule has 174 valence electrons. The Labute approximate surface area is 197 Å². The number of carbonyl (C=O) groups excluding carboxylic acids is 1. The average Bonchev–Trinajstić information content (AvgIpc) is 3.58. The van der Waals surface area contributed by atoms with Gasteiger partial charge in [0.05, 0.1) is 12.2 Å². The number of likely N-dealkylation sites (tertiary alicyclic amines) is 1. The van der Waals surface area contributed by atoms with Gasteiger partial charge in [0.2, 0.25) is 5.91 Å². The minimum Gasteiger partial charge on any atom is -0.354 e. The Bertz CT molecular complexity index is 1170. The van der Waals surface area contributed by atoms with Gasteiger partial charge in [-0.15, -0.1) is 0 Å². The van der Waals surface area contributed by atoms with E-state index in [0.29, 0.717) is 24.3 Å². The lowest BCUT2D eigenvalue weighted by atomic mass is 9.87. The first kappa shape index (κ1) is 22.1. The zero-order valence-corrected chi connectivity index (χ0v) is 20.4. The van der Waals surface area contributed by atoms with Gasteiger partial charge in [0.25, 0.3) is 0 Å². The molecule has 1 saturated heterocycles. The fourth-order valence-electron chi connectivity index (χ4n) is 5.46. The number of amides is 1. The summed E-state index contributed by atoms with van der Waals surface area (Å²) in [5, 5.41) is 4.32. The number of likely N-dealkylation sites (N-methyl/N-ethyl adjacent to an activating group) is 1. The Morgan fingerprint density at radius 1 is 1.12 bits per heavy atom. The van der Waals surface area contributed by atoms with Crippen LogP contribution in [0.2, 0.25) is 0 Å². The first-order chi connectivity index (χ1) is 15.9. The fraction of sp³-hybridized carbons (Fsp3) is 0.500. The summed E-state index contributed by atoms with van der Waals surface area (Å²) in [6, 6.07) is 11.5. The molecule has 33 heavy (non-hydrogen) atoms. The summed E-state index contributed by atoms with van der Waals surface area (Å²) < 4.78 is 0. The number of piperidine rings is 1. The minimum absolute atomic E-state index is 0.210. The van der Waals surface area contributed by atoms with Crippen LogP contribution < -0.4 is 5.32 Å². The van der Waals surface area contributed by atoms with E-state index in [-0.39, 0.29) is 5.91 Å². The number of aromatic nitrogens is 2. The van der Waals surface area contributed by atoms with Crippen molar-refractivity contribution in [1.29, 1.82) is 0 Å². The Balaban J connectivity index is 1.47. The van der Waals surface area contributed by atoms with E-state index in [9.17, 15) is 4.79 Å². The van der Waals surface area contributed by atoms with Gasteiger partial charge in [-0.05, 0) is 86.9 Å². The van der Waals surface area contributed by atoms with Crippen LogP contribution in [-0.4, -0.2) is 47.5 Å². The van der Waals surface area contributed by atoms with Gasteiger partial charge < -0.3 is 15.2 Å². The molecule has 1 aromatic carbocycles. The quantitative estimate of drug-likeness (QED) is 0.530. The second-order valence-corrected chi connectivity index (χ2v) is 10.3. The van der Waals surface area contributed by atoms with E-state index in [2.05, 4.69) is 61.4 Å². The van der Waals surface area contributed by atoms with Gasteiger partial charge in [0, 0.05) is 46.9 Å². The van der Waals surface area contributed by atoms with Crippen molar-refractivity contribution in [3.05, 3.63) is 52.8 Å². The highest BCUT2D eigenvalue weighted by Gasteiger charge is 2.27. The maximum atomic E-state index is 12.2. The van der Waals surface area contributed by atoms with Crippen LogP contribution in [0.4, 0.5) is 0 Å². The van der Waals surface area contributed by atoms with E-state index < -0.39 is 0 Å². The number of rotatable bonds is 6. The number of aryl methyl sites for hydroxylation is 1. The second kappa shape index (κ2) is 8.94. The second-order valence-electron chi connectivity index (χ2n) is 10.3. The molecule has 2 aromatic heterocycles. The maximum absolute atomic E-state index is 12.2. The molecular formula is C28H36N4O. The summed E-state index contributed by atoms with van der Waals surface area (Å²) in [5.74, 6) is 1.79. The van der Waals surface area contributed by atoms with Crippen LogP contribution in [0.5, 0.6) is 0 Å². The number of aromatic amines is 1. The third-order valence-electron chi connectivity index (χ3n) is 7.34. The van der Waals surface area contributed by atoms with Crippen molar-refractivity contribution >= 4 is 16.8 Å². The standard InChI is InChI=1S/C28H36N4O/c1-17(2)27-23-14-21(19-9-11-32(12-10-19)26(33)16-29-4)7-8-24(23)31-28(27)22-13-18(3)30-25(15-22)20-5-6-20/h7-8,13-15,17,19-20,29,31H,5-6,9-12,16H2,1-4H3. The molecule has 2 N–H and O–H groups in total. The van der Waals surface area contributed by atoms with Crippen molar-refractivity contribution in [3.63, 3.8) is 0 Å². The van der Waals surface area contributed by atoms with Crippen molar-refractivity contribution < 1.29 is 4.79 Å². The lowest BCUT2D eigenvalue weighted by Gasteiger charge is -2.32. The number of hydrogen-bond acceptors (Lipinski definition) is 3. The molecular weight excluding hydrogens is 408 g/mol. The molecule has 1 amide bonds. The zero-order chi connectivity index (χ0) is 23.1. The SMILES string of the molecule is CNCC(=O)N1CCC(c2ccc3[nH]c(-c4cc(C)nc(C5CC5)c4)c(C(C)C)c3c2)CC1. The van der Waals surface area contributed by atoms with Gasteiger partial charge in [0.1, 0.15) is 0 Å². The van der Waals surface area contributed by atoms with Gasteiger partial charge in [-0.25, -0.2) is 0 Å². The number of nitrogens with one attached hydrogen (secondary N) is 2. The number of fused-ring (bicyclic) bond motifs is 1. The smallest absolute Gasteiger partial charge is 0.236 e. The molecule has 1 aliphatic heterocycles. The van der Waals surface area contributed by atoms with Crippen LogP contribution in [-0.2, 0) is 4.79 Å². The van der Waals surface area contributed by atoms with Crippen LogP contribution >= 0.6 is 0 Å². The molecule has 0 spiro atoms. The Morgan fingerprint density at radius 2 is 1.88 bits per heavy atom. The minimum atomic E-state index is 0.210. The molecule has 1 saturated carbocycles.